The second-order valence-corrected chi connectivity index (χ2v) is 14.6. The standard InChI is InChI=1S/C35H60N4O6/c1-11-12-16-35(9,10)32(42)36-22-30(40)28(38-33(43)45-34(6,7)8)20-27(23(2)3)31(41)25-14-15-26-21-37-39(29(26)19-25)17-13-18-44-24(4)5/h14-15,19,21,23-24,27-28,30-31,40-41H,11-13,16-18,20,22H2,1-10H3,(H,36,42)(H,38,43)/t27-,28-,30?,31?/m0/s1. The van der Waals surface area contributed by atoms with Crippen LogP contribution in [0.25, 0.3) is 10.9 Å². The van der Waals surface area contributed by atoms with Gasteiger partial charge in [-0.2, -0.15) is 5.10 Å². The molecule has 0 saturated carbocycles. The lowest BCUT2D eigenvalue weighted by molar-refractivity contribution is -0.130. The number of hydrogen-bond donors (Lipinski definition) is 4. The molecule has 0 saturated heterocycles. The number of hydrogen-bond acceptors (Lipinski definition) is 7. The Balaban J connectivity index is 2.27. The topological polar surface area (TPSA) is 135 Å². The van der Waals surface area contributed by atoms with Gasteiger partial charge in [0.1, 0.15) is 5.60 Å². The molecule has 0 aliphatic heterocycles. The highest BCUT2D eigenvalue weighted by atomic mass is 16.6. The van der Waals surface area contributed by atoms with Crippen molar-refractivity contribution in [2.75, 3.05) is 13.2 Å². The van der Waals surface area contributed by atoms with E-state index < -0.39 is 35.4 Å². The Bertz CT molecular complexity index is 1200. The Kier molecular flexibility index (Phi) is 14.8. The van der Waals surface area contributed by atoms with Crippen LogP contribution in [0.3, 0.4) is 0 Å². The Morgan fingerprint density at radius 3 is 2.33 bits per heavy atom. The molecule has 2 unspecified atom stereocenters. The molecule has 0 radical (unpaired) electrons. The van der Waals surface area contributed by atoms with Gasteiger partial charge >= 0.3 is 6.09 Å². The molecule has 4 N–H and O–H groups in total. The first-order chi connectivity index (χ1) is 20.9. The highest BCUT2D eigenvalue weighted by molar-refractivity contribution is 5.81. The van der Waals surface area contributed by atoms with E-state index in [1.807, 2.05) is 70.6 Å². The first-order valence-corrected chi connectivity index (χ1v) is 16.7. The van der Waals surface area contributed by atoms with Crippen molar-refractivity contribution in [2.24, 2.45) is 17.3 Å². The number of ether oxygens (including phenoxy) is 2. The summed E-state index contributed by atoms with van der Waals surface area (Å²) in [5.74, 6) is -0.469. The maximum absolute atomic E-state index is 13.0. The number of carbonyl (C=O) groups is 2. The van der Waals surface area contributed by atoms with Gasteiger partial charge in [-0.3, -0.25) is 9.48 Å². The fourth-order valence-electron chi connectivity index (χ4n) is 5.37. The smallest absolute Gasteiger partial charge is 0.407 e. The zero-order valence-electron chi connectivity index (χ0n) is 29.4. The van der Waals surface area contributed by atoms with E-state index in [0.29, 0.717) is 13.2 Å². The molecule has 2 amide bonds. The van der Waals surface area contributed by atoms with Crippen LogP contribution in [-0.2, 0) is 20.8 Å². The molecule has 1 aromatic heterocycles. The van der Waals surface area contributed by atoms with E-state index >= 15 is 0 Å². The van der Waals surface area contributed by atoms with Crippen LogP contribution in [0.4, 0.5) is 4.79 Å². The molecule has 10 nitrogen and oxygen atoms in total. The van der Waals surface area contributed by atoms with Crippen molar-refractivity contribution < 1.29 is 29.3 Å². The van der Waals surface area contributed by atoms with Gasteiger partial charge in [-0.1, -0.05) is 59.6 Å². The number of alkyl carbamates (subject to hydrolysis) is 1. The second kappa shape index (κ2) is 17.3. The first kappa shape index (κ1) is 38.5. The van der Waals surface area contributed by atoms with Crippen LogP contribution in [0, 0.1) is 17.3 Å². The molecule has 0 fully saturated rings. The molecule has 1 aromatic carbocycles. The fraction of sp³-hybridized carbons (Fsp3) is 0.743. The Hall–Kier alpha value is -2.69. The number of nitrogens with one attached hydrogen (secondary N) is 2. The SMILES string of the molecule is CCCCC(C)(C)C(=O)NCC(O)[C@H](C[C@@H](C(C)C)C(O)c1ccc2cnn(CCCOC(C)C)c2c1)NC(=O)OC(C)(C)C. The summed E-state index contributed by atoms with van der Waals surface area (Å²) in [6.07, 6.45) is 3.09. The van der Waals surface area contributed by atoms with Gasteiger partial charge in [0.05, 0.1) is 36.1 Å². The van der Waals surface area contributed by atoms with Crippen LogP contribution >= 0.6 is 0 Å². The summed E-state index contributed by atoms with van der Waals surface area (Å²) < 4.78 is 13.1. The lowest BCUT2D eigenvalue weighted by Gasteiger charge is -2.34. The van der Waals surface area contributed by atoms with E-state index in [9.17, 15) is 19.8 Å². The largest absolute Gasteiger partial charge is 0.444 e. The van der Waals surface area contributed by atoms with Crippen molar-refractivity contribution in [3.05, 3.63) is 30.0 Å². The van der Waals surface area contributed by atoms with Crippen molar-refractivity contribution in [2.45, 2.75) is 138 Å². The lowest BCUT2D eigenvalue weighted by Crippen LogP contribution is -2.52. The van der Waals surface area contributed by atoms with Gasteiger partial charge in [0.15, 0.2) is 0 Å². The second-order valence-electron chi connectivity index (χ2n) is 14.6. The molecule has 2 rings (SSSR count). The van der Waals surface area contributed by atoms with E-state index in [1.165, 1.54) is 0 Å². The van der Waals surface area contributed by atoms with E-state index in [1.54, 1.807) is 20.8 Å². The monoisotopic (exact) mass is 632 g/mol. The summed E-state index contributed by atoms with van der Waals surface area (Å²) in [5.41, 5.74) is 0.355. The van der Waals surface area contributed by atoms with Crippen molar-refractivity contribution in [3.63, 3.8) is 0 Å². The molecule has 0 aliphatic carbocycles. The number of amides is 2. The van der Waals surface area contributed by atoms with Crippen molar-refractivity contribution in [1.29, 1.82) is 0 Å². The molecule has 0 spiro atoms. The number of nitrogens with zero attached hydrogens (tertiary/aromatic N) is 2. The van der Waals surface area contributed by atoms with Crippen LogP contribution in [0.5, 0.6) is 0 Å². The number of aryl methyl sites for hydroxylation is 1. The minimum absolute atomic E-state index is 0.00601. The lowest BCUT2D eigenvalue weighted by atomic mass is 9.80. The van der Waals surface area contributed by atoms with Gasteiger partial charge in [-0.05, 0) is 77.3 Å². The third-order valence-corrected chi connectivity index (χ3v) is 8.17. The quantitative estimate of drug-likeness (QED) is 0.145. The van der Waals surface area contributed by atoms with Crippen molar-refractivity contribution >= 4 is 22.9 Å². The zero-order valence-corrected chi connectivity index (χ0v) is 29.4. The minimum Gasteiger partial charge on any atom is -0.444 e. The number of unbranched alkanes of at least 4 members (excludes halogenated alkanes) is 1. The Morgan fingerprint density at radius 1 is 1.04 bits per heavy atom. The predicted octanol–water partition coefficient (Wildman–Crippen LogP) is 6.13. The number of aromatic nitrogens is 2. The number of aliphatic hydroxyl groups excluding tert-OH is 2. The first-order valence-electron chi connectivity index (χ1n) is 16.7. The average molecular weight is 633 g/mol. The zero-order chi connectivity index (χ0) is 33.9. The third kappa shape index (κ3) is 12.6. The van der Waals surface area contributed by atoms with E-state index in [0.717, 1.165) is 42.1 Å². The van der Waals surface area contributed by atoms with Gasteiger partial charge in [0.2, 0.25) is 5.91 Å². The summed E-state index contributed by atoms with van der Waals surface area (Å²) in [7, 11) is 0. The molecule has 45 heavy (non-hydrogen) atoms. The molecule has 1 heterocycles. The maximum Gasteiger partial charge on any atom is 0.407 e. The van der Waals surface area contributed by atoms with Gasteiger partial charge in [-0.15, -0.1) is 0 Å². The molecule has 4 atom stereocenters. The minimum atomic E-state index is -1.10. The fourth-order valence-corrected chi connectivity index (χ4v) is 5.37. The number of rotatable bonds is 18. The van der Waals surface area contributed by atoms with Gasteiger partial charge in [0, 0.05) is 30.5 Å². The summed E-state index contributed by atoms with van der Waals surface area (Å²) in [4.78, 5) is 25.8. The molecule has 0 aliphatic rings. The predicted molar refractivity (Wildman–Crippen MR) is 179 cm³/mol. The number of fused-ring (bicyclic) bond motifs is 1. The number of benzene rings is 1. The Labute approximate surface area is 270 Å². The summed E-state index contributed by atoms with van der Waals surface area (Å²) in [6.45, 7) is 20.5. The van der Waals surface area contributed by atoms with Crippen LogP contribution < -0.4 is 10.6 Å². The number of carbonyl (C=O) groups excluding carboxylic acids is 2. The van der Waals surface area contributed by atoms with E-state index in [4.69, 9.17) is 9.47 Å². The van der Waals surface area contributed by atoms with Gasteiger partial charge in [0.25, 0.3) is 0 Å². The summed E-state index contributed by atoms with van der Waals surface area (Å²) in [5, 5.41) is 34.3. The summed E-state index contributed by atoms with van der Waals surface area (Å²) in [6, 6.07) is 5.05. The number of aliphatic hydroxyl groups is 2. The maximum atomic E-state index is 13.0. The van der Waals surface area contributed by atoms with Gasteiger partial charge in [-0.25, -0.2) is 4.79 Å². The molecular formula is C35H60N4O6. The van der Waals surface area contributed by atoms with Crippen LogP contribution in [0.2, 0.25) is 0 Å². The third-order valence-electron chi connectivity index (χ3n) is 8.17. The van der Waals surface area contributed by atoms with Crippen LogP contribution in [0.15, 0.2) is 24.4 Å². The molecule has 10 heteroatoms. The summed E-state index contributed by atoms with van der Waals surface area (Å²) >= 11 is 0. The molecule has 2 aromatic rings. The average Bonchev–Trinajstić information content (AvgIpc) is 3.35. The highest BCUT2D eigenvalue weighted by Crippen LogP contribution is 2.34. The van der Waals surface area contributed by atoms with Crippen LogP contribution in [-0.4, -0.2) is 69.0 Å². The molecule has 0 bridgehead atoms. The van der Waals surface area contributed by atoms with Crippen molar-refractivity contribution in [1.82, 2.24) is 20.4 Å². The normalized spacial score (nSPS) is 15.2. The molecular weight excluding hydrogens is 572 g/mol. The Morgan fingerprint density at radius 2 is 1.73 bits per heavy atom. The molecule has 256 valence electrons. The highest BCUT2D eigenvalue weighted by Gasteiger charge is 2.34. The van der Waals surface area contributed by atoms with Crippen LogP contribution in [0.1, 0.15) is 113 Å². The van der Waals surface area contributed by atoms with E-state index in [-0.39, 0.29) is 36.8 Å². The van der Waals surface area contributed by atoms with Crippen molar-refractivity contribution in [3.8, 4) is 0 Å². The van der Waals surface area contributed by atoms with E-state index in [2.05, 4.69) is 22.7 Å². The van der Waals surface area contributed by atoms with Gasteiger partial charge < -0.3 is 30.3 Å².